The number of benzene rings is 5. The van der Waals surface area contributed by atoms with Gasteiger partial charge in [-0.2, -0.15) is 0 Å². The van der Waals surface area contributed by atoms with Crippen molar-refractivity contribution in [2.75, 3.05) is 0 Å². The fourth-order valence-electron chi connectivity index (χ4n) is 4.70. The summed E-state index contributed by atoms with van der Waals surface area (Å²) >= 11 is 0. The number of hydrogen-bond donors (Lipinski definition) is 1. The van der Waals surface area contributed by atoms with Crippen LogP contribution in [0.15, 0.2) is 144 Å². The number of fused-ring (bicyclic) bond motifs is 1. The van der Waals surface area contributed by atoms with E-state index in [9.17, 15) is 4.79 Å². The lowest BCUT2D eigenvalue weighted by Gasteiger charge is -2.20. The molecule has 39 heavy (non-hydrogen) atoms. The number of hydrogen-bond acceptors (Lipinski definition) is 3. The van der Waals surface area contributed by atoms with Crippen molar-refractivity contribution in [2.24, 2.45) is 0 Å². The molecule has 0 radical (unpaired) electrons. The van der Waals surface area contributed by atoms with Crippen LogP contribution in [-0.4, -0.2) is 5.91 Å². The summed E-state index contributed by atoms with van der Waals surface area (Å²) in [6, 6.07) is 45.1. The molecule has 5 aromatic carbocycles. The standard InChI is InChI=1S/C35H27NO3/c37-35(36-34(26-14-6-2-7-15-26)27-16-8-3-9-17-27)29-21-20-28-22-33(39-32(28)23-29)30-18-10-11-19-31(30)38-24-25-12-4-1-5-13-25/h1-23,34H,24H2,(H,36,37). The number of carbonyl (C=O) groups is 1. The lowest BCUT2D eigenvalue weighted by molar-refractivity contribution is 0.0943. The molecule has 0 fully saturated rings. The largest absolute Gasteiger partial charge is 0.488 e. The zero-order valence-electron chi connectivity index (χ0n) is 21.3. The average molecular weight is 510 g/mol. The van der Waals surface area contributed by atoms with Crippen LogP contribution in [0, 0.1) is 0 Å². The molecule has 0 saturated carbocycles. The van der Waals surface area contributed by atoms with Crippen LogP contribution in [0.3, 0.4) is 0 Å². The first-order chi connectivity index (χ1) is 19.2. The van der Waals surface area contributed by atoms with Gasteiger partial charge in [0.05, 0.1) is 11.6 Å². The van der Waals surface area contributed by atoms with Crippen LogP contribution >= 0.6 is 0 Å². The highest BCUT2D eigenvalue weighted by atomic mass is 16.5. The van der Waals surface area contributed by atoms with Crippen molar-refractivity contribution >= 4 is 16.9 Å². The molecule has 4 heteroatoms. The Hall–Kier alpha value is -5.09. The third-order valence-electron chi connectivity index (χ3n) is 6.71. The highest BCUT2D eigenvalue weighted by Crippen LogP contribution is 2.35. The van der Waals surface area contributed by atoms with E-state index in [4.69, 9.17) is 9.15 Å². The molecule has 0 bridgehead atoms. The van der Waals surface area contributed by atoms with Crippen LogP contribution in [-0.2, 0) is 6.61 Å². The summed E-state index contributed by atoms with van der Waals surface area (Å²) < 4.78 is 12.4. The Morgan fingerprint density at radius 1 is 0.692 bits per heavy atom. The Labute approximate surface area is 227 Å². The van der Waals surface area contributed by atoms with E-state index in [1.54, 1.807) is 6.07 Å². The number of rotatable bonds is 8. The van der Waals surface area contributed by atoms with Crippen LogP contribution in [0.2, 0.25) is 0 Å². The number of para-hydroxylation sites is 1. The number of amides is 1. The minimum absolute atomic E-state index is 0.167. The minimum Gasteiger partial charge on any atom is -0.488 e. The molecule has 6 rings (SSSR count). The smallest absolute Gasteiger partial charge is 0.252 e. The van der Waals surface area contributed by atoms with Gasteiger partial charge in [-0.15, -0.1) is 0 Å². The number of ether oxygens (including phenoxy) is 1. The van der Waals surface area contributed by atoms with E-state index in [2.05, 4.69) is 5.32 Å². The molecule has 0 aliphatic heterocycles. The molecule has 0 spiro atoms. The van der Waals surface area contributed by atoms with Crippen molar-refractivity contribution in [1.82, 2.24) is 5.32 Å². The monoisotopic (exact) mass is 509 g/mol. The molecule has 0 atom stereocenters. The molecule has 4 nitrogen and oxygen atoms in total. The lowest BCUT2D eigenvalue weighted by Crippen LogP contribution is -2.29. The maximum atomic E-state index is 13.4. The van der Waals surface area contributed by atoms with Gasteiger partial charge in [0.1, 0.15) is 23.7 Å². The van der Waals surface area contributed by atoms with Crippen LogP contribution < -0.4 is 10.1 Å². The van der Waals surface area contributed by atoms with Gasteiger partial charge in [0, 0.05) is 10.9 Å². The molecule has 190 valence electrons. The first-order valence-corrected chi connectivity index (χ1v) is 12.9. The number of furan rings is 1. The van der Waals surface area contributed by atoms with E-state index in [-0.39, 0.29) is 11.9 Å². The summed E-state index contributed by atoms with van der Waals surface area (Å²) in [6.07, 6.45) is 0. The van der Waals surface area contributed by atoms with E-state index in [1.807, 2.05) is 133 Å². The molecule has 0 saturated heterocycles. The third kappa shape index (κ3) is 5.46. The molecule has 1 N–H and O–H groups in total. The SMILES string of the molecule is O=C(NC(c1ccccc1)c1ccccc1)c1ccc2cc(-c3ccccc3OCc3ccccc3)oc2c1. The van der Waals surface area contributed by atoms with Crippen LogP contribution in [0.4, 0.5) is 0 Å². The molecular weight excluding hydrogens is 482 g/mol. The van der Waals surface area contributed by atoms with Crippen molar-refractivity contribution in [2.45, 2.75) is 12.6 Å². The Balaban J connectivity index is 1.26. The molecular formula is C35H27NO3. The van der Waals surface area contributed by atoms with Gasteiger partial charge < -0.3 is 14.5 Å². The van der Waals surface area contributed by atoms with Gasteiger partial charge >= 0.3 is 0 Å². The topological polar surface area (TPSA) is 51.5 Å². The van der Waals surface area contributed by atoms with Crippen molar-refractivity contribution in [3.63, 3.8) is 0 Å². The Kier molecular flexibility index (Phi) is 6.91. The zero-order valence-corrected chi connectivity index (χ0v) is 21.3. The second kappa shape index (κ2) is 11.1. The second-order valence-corrected chi connectivity index (χ2v) is 9.36. The maximum Gasteiger partial charge on any atom is 0.252 e. The van der Waals surface area contributed by atoms with Crippen LogP contribution in [0.1, 0.15) is 33.1 Å². The van der Waals surface area contributed by atoms with E-state index in [0.717, 1.165) is 33.4 Å². The summed E-state index contributed by atoms with van der Waals surface area (Å²) in [7, 11) is 0. The number of carbonyl (C=O) groups excluding carboxylic acids is 1. The quantitative estimate of drug-likeness (QED) is 0.225. The minimum atomic E-state index is -0.267. The van der Waals surface area contributed by atoms with Crippen molar-refractivity contribution in [3.8, 4) is 17.1 Å². The van der Waals surface area contributed by atoms with E-state index in [1.165, 1.54) is 0 Å². The van der Waals surface area contributed by atoms with E-state index >= 15 is 0 Å². The number of nitrogens with one attached hydrogen (secondary N) is 1. The summed E-state index contributed by atoms with van der Waals surface area (Å²) in [5.74, 6) is 1.27. The van der Waals surface area contributed by atoms with Gasteiger partial charge in [-0.25, -0.2) is 0 Å². The van der Waals surface area contributed by atoms with Crippen LogP contribution in [0.25, 0.3) is 22.3 Å². The van der Waals surface area contributed by atoms with Gasteiger partial charge in [0.15, 0.2) is 0 Å². The normalized spacial score (nSPS) is 11.0. The predicted molar refractivity (Wildman–Crippen MR) is 155 cm³/mol. The van der Waals surface area contributed by atoms with Gasteiger partial charge in [-0.1, -0.05) is 109 Å². The summed E-state index contributed by atoms with van der Waals surface area (Å²) in [4.78, 5) is 13.4. The van der Waals surface area contributed by atoms with Crippen molar-refractivity contribution in [3.05, 3.63) is 162 Å². The highest BCUT2D eigenvalue weighted by Gasteiger charge is 2.19. The van der Waals surface area contributed by atoms with Gasteiger partial charge in [0.25, 0.3) is 5.91 Å². The van der Waals surface area contributed by atoms with E-state index in [0.29, 0.717) is 23.5 Å². The Morgan fingerprint density at radius 3 is 2.00 bits per heavy atom. The summed E-state index contributed by atoms with van der Waals surface area (Å²) in [5, 5.41) is 4.13. The Morgan fingerprint density at radius 2 is 1.31 bits per heavy atom. The fourth-order valence-corrected chi connectivity index (χ4v) is 4.70. The van der Waals surface area contributed by atoms with Crippen LogP contribution in [0.5, 0.6) is 5.75 Å². The van der Waals surface area contributed by atoms with E-state index < -0.39 is 0 Å². The second-order valence-electron chi connectivity index (χ2n) is 9.36. The highest BCUT2D eigenvalue weighted by molar-refractivity contribution is 5.98. The first kappa shape index (κ1) is 24.3. The molecule has 1 heterocycles. The molecule has 6 aromatic rings. The fraction of sp³-hybridized carbons (Fsp3) is 0.0571. The zero-order chi connectivity index (χ0) is 26.4. The first-order valence-electron chi connectivity index (χ1n) is 12.9. The summed E-state index contributed by atoms with van der Waals surface area (Å²) in [6.45, 7) is 0.465. The predicted octanol–water partition coefficient (Wildman–Crippen LogP) is 8.20. The summed E-state index contributed by atoms with van der Waals surface area (Å²) in [5.41, 5.74) is 5.18. The molecule has 0 aliphatic carbocycles. The molecule has 1 aromatic heterocycles. The van der Waals surface area contributed by atoms with Crippen molar-refractivity contribution < 1.29 is 13.9 Å². The molecule has 0 unspecified atom stereocenters. The van der Waals surface area contributed by atoms with Crippen molar-refractivity contribution in [1.29, 1.82) is 0 Å². The Bertz CT molecular complexity index is 1650. The van der Waals surface area contributed by atoms with Gasteiger partial charge in [-0.05, 0) is 47.0 Å². The van der Waals surface area contributed by atoms with Gasteiger partial charge in [0.2, 0.25) is 0 Å². The maximum absolute atomic E-state index is 13.4. The third-order valence-corrected chi connectivity index (χ3v) is 6.71. The molecule has 1 amide bonds. The van der Waals surface area contributed by atoms with Gasteiger partial charge in [-0.3, -0.25) is 4.79 Å². The molecule has 0 aliphatic rings. The average Bonchev–Trinajstić information content (AvgIpc) is 3.44. The lowest BCUT2D eigenvalue weighted by atomic mass is 9.98.